The van der Waals surface area contributed by atoms with Gasteiger partial charge in [-0.3, -0.25) is 19.2 Å². The van der Waals surface area contributed by atoms with E-state index in [1.54, 1.807) is 4.90 Å². The Bertz CT molecular complexity index is 1080. The van der Waals surface area contributed by atoms with Crippen LogP contribution in [0.1, 0.15) is 136 Å². The molecule has 12 nitrogen and oxygen atoms in total. The molecule has 48 heavy (non-hydrogen) atoms. The number of primary amides is 1. The second kappa shape index (κ2) is 19.7. The van der Waals surface area contributed by atoms with Crippen LogP contribution in [0.25, 0.3) is 0 Å². The number of Topliss-reactive ketones (excluding diaryl/α,β-unsaturated/α-hetero) is 1. The Hall–Kier alpha value is -3.18. The first-order valence-electron chi connectivity index (χ1n) is 18.6. The first-order valence-corrected chi connectivity index (χ1v) is 18.6. The highest BCUT2D eigenvalue weighted by Crippen LogP contribution is 2.35. The molecular formula is C36H61N5O7. The second-order valence-corrected chi connectivity index (χ2v) is 14.5. The summed E-state index contributed by atoms with van der Waals surface area (Å²) in [5.74, 6) is -0.0769. The minimum atomic E-state index is -1.07. The van der Waals surface area contributed by atoms with Crippen LogP contribution in [0.3, 0.4) is 0 Å². The minimum Gasteiger partial charge on any atom is -0.464 e. The quantitative estimate of drug-likeness (QED) is 0.176. The summed E-state index contributed by atoms with van der Waals surface area (Å²) in [5.41, 5.74) is 3.09. The zero-order chi connectivity index (χ0) is 35.1. The fraction of sp³-hybridized carbons (Fsp3) is 0.833. The Morgan fingerprint density at radius 2 is 1.44 bits per heavy atom. The third-order valence-corrected chi connectivity index (χ3v) is 10.2. The van der Waals surface area contributed by atoms with Gasteiger partial charge in [0.25, 0.3) is 0 Å². The topological polar surface area (TPSA) is 177 Å². The highest BCUT2D eigenvalue weighted by atomic mass is 16.5. The summed E-state index contributed by atoms with van der Waals surface area (Å²) in [7, 11) is 0. The molecule has 0 aromatic rings. The van der Waals surface area contributed by atoms with E-state index in [-0.39, 0.29) is 35.9 Å². The van der Waals surface area contributed by atoms with E-state index in [4.69, 9.17) is 9.53 Å². The fourth-order valence-electron chi connectivity index (χ4n) is 7.16. The molecular weight excluding hydrogens is 614 g/mol. The Balaban J connectivity index is 0.000000969. The van der Waals surface area contributed by atoms with Crippen molar-refractivity contribution >= 4 is 36.0 Å². The molecule has 0 spiro atoms. The molecule has 5 rings (SSSR count). The number of esters is 1. The molecule has 0 radical (unpaired) electrons. The predicted molar refractivity (Wildman–Crippen MR) is 182 cm³/mol. The third kappa shape index (κ3) is 12.1. The summed E-state index contributed by atoms with van der Waals surface area (Å²) < 4.78 is 5.65. The maximum Gasteiger partial charge on any atom is 0.331 e. The number of urea groups is 1. The molecule has 5 amide bonds. The largest absolute Gasteiger partial charge is 0.464 e. The van der Waals surface area contributed by atoms with Crippen LogP contribution in [0.5, 0.6) is 0 Å². The lowest BCUT2D eigenvalue weighted by molar-refractivity contribution is -0.153. The van der Waals surface area contributed by atoms with Gasteiger partial charge in [0.15, 0.2) is 5.78 Å². The normalized spacial score (nSPS) is 23.1. The average molecular weight is 676 g/mol. The number of amides is 5. The summed E-state index contributed by atoms with van der Waals surface area (Å²) in [6, 6.07) is -2.48. The maximum absolute atomic E-state index is 14.1. The SMILES string of the molecule is CC(=O)C(CC1CC1)NC(=O)[C@@H]1CCCN1C(=O)C(NC(=O)NC1(C(=O)OCC2CC2)CCCCC1)C1CCCCC1.CCC.NC=O. The van der Waals surface area contributed by atoms with Crippen molar-refractivity contribution in [2.45, 2.75) is 160 Å². The lowest BCUT2D eigenvalue weighted by atomic mass is 9.81. The van der Waals surface area contributed by atoms with Crippen molar-refractivity contribution in [2.24, 2.45) is 23.5 Å². The van der Waals surface area contributed by atoms with Crippen LogP contribution in [0, 0.1) is 17.8 Å². The summed E-state index contributed by atoms with van der Waals surface area (Å²) >= 11 is 0. The number of hydrogen-bond donors (Lipinski definition) is 4. The number of ether oxygens (including phenoxy) is 1. The molecule has 0 aromatic carbocycles. The lowest BCUT2D eigenvalue weighted by Crippen LogP contribution is -2.63. The maximum atomic E-state index is 14.1. The highest BCUT2D eigenvalue weighted by molar-refractivity contribution is 5.95. The van der Waals surface area contributed by atoms with Gasteiger partial charge in [0.1, 0.15) is 17.6 Å². The Labute approximate surface area is 286 Å². The average Bonchev–Trinajstić information content (AvgIpc) is 4.02. The number of nitrogens with zero attached hydrogens (tertiary/aromatic N) is 1. The van der Waals surface area contributed by atoms with Crippen LogP contribution < -0.4 is 21.7 Å². The van der Waals surface area contributed by atoms with Gasteiger partial charge < -0.3 is 31.3 Å². The number of hydrogen-bond acceptors (Lipinski definition) is 7. The van der Waals surface area contributed by atoms with Gasteiger partial charge in [-0.05, 0) is 82.5 Å². The van der Waals surface area contributed by atoms with Gasteiger partial charge in [-0.1, -0.05) is 71.6 Å². The standard InChI is InChI=1S/C32H50N4O6.C3H8.CH3NO/c1-21(37)25(19-22-12-13-22)33-28(38)26-11-8-18-36(26)29(39)27(24-9-4-2-5-10-24)34-31(41)35-32(16-6-3-7-17-32)30(40)42-20-23-14-15-23;1-3-2;2-1-3/h22-27H,2-20H2,1H3,(H,33,38)(H2,34,35,41);3H2,1-2H3;1H,(H2,2,3)/t25?,26-,27?;;/m0../s1. The van der Waals surface area contributed by atoms with E-state index in [0.29, 0.717) is 57.1 Å². The molecule has 5 fully saturated rings. The molecule has 3 atom stereocenters. The van der Waals surface area contributed by atoms with Crippen LogP contribution in [-0.4, -0.2) is 77.7 Å². The Morgan fingerprint density at radius 3 is 2.00 bits per heavy atom. The molecule has 4 saturated carbocycles. The smallest absolute Gasteiger partial charge is 0.331 e. The van der Waals surface area contributed by atoms with Gasteiger partial charge in [-0.15, -0.1) is 0 Å². The van der Waals surface area contributed by atoms with Crippen LogP contribution >= 0.6 is 0 Å². The molecule has 0 aromatic heterocycles. The molecule has 1 saturated heterocycles. The van der Waals surface area contributed by atoms with Crippen molar-refractivity contribution in [3.05, 3.63) is 0 Å². The molecule has 1 heterocycles. The number of carbonyl (C=O) groups excluding carboxylic acids is 6. The minimum absolute atomic E-state index is 0.0368. The number of likely N-dealkylation sites (tertiary alicyclic amines) is 1. The molecule has 272 valence electrons. The van der Waals surface area contributed by atoms with Crippen LogP contribution in [0.4, 0.5) is 4.79 Å². The second-order valence-electron chi connectivity index (χ2n) is 14.5. The molecule has 1 aliphatic heterocycles. The predicted octanol–water partition coefficient (Wildman–Crippen LogP) is 4.27. The van der Waals surface area contributed by atoms with E-state index in [9.17, 15) is 24.0 Å². The first kappa shape index (κ1) is 39.3. The lowest BCUT2D eigenvalue weighted by Gasteiger charge is -2.38. The molecule has 0 bridgehead atoms. The number of rotatable bonds is 12. The van der Waals surface area contributed by atoms with Crippen LogP contribution in [0.2, 0.25) is 0 Å². The van der Waals surface area contributed by atoms with Crippen molar-refractivity contribution in [2.75, 3.05) is 13.2 Å². The summed E-state index contributed by atoms with van der Waals surface area (Å²) in [4.78, 5) is 76.8. The molecule has 12 heteroatoms. The molecule has 2 unspecified atom stereocenters. The van der Waals surface area contributed by atoms with Crippen molar-refractivity contribution in [1.29, 1.82) is 0 Å². The van der Waals surface area contributed by atoms with Crippen LogP contribution in [0.15, 0.2) is 0 Å². The summed E-state index contributed by atoms with van der Waals surface area (Å²) in [6.45, 7) is 6.60. The van der Waals surface area contributed by atoms with E-state index in [0.717, 1.165) is 77.0 Å². The van der Waals surface area contributed by atoms with E-state index in [1.807, 2.05) is 0 Å². The van der Waals surface area contributed by atoms with Crippen molar-refractivity contribution in [3.63, 3.8) is 0 Å². The Kier molecular flexibility index (Phi) is 16.1. The van der Waals surface area contributed by atoms with Crippen LogP contribution in [-0.2, 0) is 28.7 Å². The van der Waals surface area contributed by atoms with Gasteiger partial charge in [0.2, 0.25) is 18.2 Å². The molecule has 4 aliphatic carbocycles. The highest BCUT2D eigenvalue weighted by Gasteiger charge is 2.45. The van der Waals surface area contributed by atoms with E-state index >= 15 is 0 Å². The van der Waals surface area contributed by atoms with Crippen molar-refractivity contribution < 1.29 is 33.5 Å². The number of nitrogens with one attached hydrogen (secondary N) is 3. The zero-order valence-electron chi connectivity index (χ0n) is 29.6. The monoisotopic (exact) mass is 675 g/mol. The zero-order valence-corrected chi connectivity index (χ0v) is 29.6. The van der Waals surface area contributed by atoms with Gasteiger partial charge in [0.05, 0.1) is 12.6 Å². The Morgan fingerprint density at radius 1 is 0.854 bits per heavy atom. The van der Waals surface area contributed by atoms with E-state index in [2.05, 4.69) is 35.5 Å². The van der Waals surface area contributed by atoms with Gasteiger partial charge in [-0.2, -0.15) is 0 Å². The van der Waals surface area contributed by atoms with E-state index in [1.165, 1.54) is 13.3 Å². The molecule has 5 aliphatic rings. The van der Waals surface area contributed by atoms with Crippen molar-refractivity contribution in [1.82, 2.24) is 20.9 Å². The van der Waals surface area contributed by atoms with Crippen molar-refractivity contribution in [3.8, 4) is 0 Å². The number of nitrogens with two attached hydrogens (primary N) is 1. The third-order valence-electron chi connectivity index (χ3n) is 10.2. The van der Waals surface area contributed by atoms with Gasteiger partial charge in [0, 0.05) is 6.54 Å². The van der Waals surface area contributed by atoms with E-state index < -0.39 is 29.7 Å². The van der Waals surface area contributed by atoms with Gasteiger partial charge in [-0.25, -0.2) is 9.59 Å². The number of carbonyl (C=O) groups is 6. The first-order chi connectivity index (χ1) is 23.1. The fourth-order valence-corrected chi connectivity index (χ4v) is 7.16. The van der Waals surface area contributed by atoms with Gasteiger partial charge >= 0.3 is 12.0 Å². The molecule has 5 N–H and O–H groups in total. The summed E-state index contributed by atoms with van der Waals surface area (Å²) in [5, 5.41) is 8.90. The number of ketones is 1. The summed E-state index contributed by atoms with van der Waals surface area (Å²) in [6.07, 6.45) is 16.1.